The van der Waals surface area contributed by atoms with E-state index >= 15 is 0 Å². The molecule has 0 aliphatic heterocycles. The quantitative estimate of drug-likeness (QED) is 0.482. The molecular formula is C12H10N2O3. The molecule has 0 amide bonds. The molecule has 0 aliphatic carbocycles. The fourth-order valence-electron chi connectivity index (χ4n) is 1.44. The van der Waals surface area contributed by atoms with Gasteiger partial charge in [0.25, 0.3) is 5.69 Å². The Morgan fingerprint density at radius 2 is 1.71 bits per heavy atom. The Morgan fingerprint density at radius 3 is 2.35 bits per heavy atom. The minimum Gasteiger partial charge on any atom is -0.508 e. The number of nitrogens with zero attached hydrogens (tertiary/aromatic N) is 1. The van der Waals surface area contributed by atoms with E-state index in [1.54, 1.807) is 30.3 Å². The van der Waals surface area contributed by atoms with Crippen molar-refractivity contribution in [1.29, 1.82) is 0 Å². The van der Waals surface area contributed by atoms with Gasteiger partial charge in [0.2, 0.25) is 0 Å². The van der Waals surface area contributed by atoms with E-state index in [4.69, 9.17) is 5.11 Å². The molecule has 0 bridgehead atoms. The van der Waals surface area contributed by atoms with Crippen molar-refractivity contribution in [2.45, 2.75) is 0 Å². The van der Waals surface area contributed by atoms with Gasteiger partial charge in [-0.2, -0.15) is 0 Å². The van der Waals surface area contributed by atoms with Crippen LogP contribution in [0.25, 0.3) is 0 Å². The number of hydrogen-bond acceptors (Lipinski definition) is 4. The molecule has 0 spiro atoms. The van der Waals surface area contributed by atoms with E-state index in [1.807, 2.05) is 0 Å². The second-order valence-electron chi connectivity index (χ2n) is 3.45. The van der Waals surface area contributed by atoms with Crippen molar-refractivity contribution in [3.8, 4) is 5.75 Å². The molecule has 0 aromatic heterocycles. The first-order valence-electron chi connectivity index (χ1n) is 4.96. The van der Waals surface area contributed by atoms with Crippen molar-refractivity contribution in [3.05, 3.63) is 58.6 Å². The summed E-state index contributed by atoms with van der Waals surface area (Å²) in [5, 5.41) is 22.8. The number of nitro groups is 1. The van der Waals surface area contributed by atoms with Crippen LogP contribution >= 0.6 is 0 Å². The Morgan fingerprint density at radius 1 is 1.06 bits per heavy atom. The highest BCUT2D eigenvalue weighted by atomic mass is 16.6. The second-order valence-corrected chi connectivity index (χ2v) is 3.45. The summed E-state index contributed by atoms with van der Waals surface area (Å²) in [7, 11) is 0. The molecule has 2 aromatic rings. The molecule has 2 N–H and O–H groups in total. The average molecular weight is 230 g/mol. The first-order chi connectivity index (χ1) is 8.16. The Balaban J connectivity index is 2.30. The van der Waals surface area contributed by atoms with Crippen LogP contribution in [0.4, 0.5) is 17.1 Å². The summed E-state index contributed by atoms with van der Waals surface area (Å²) in [4.78, 5) is 10.3. The lowest BCUT2D eigenvalue weighted by atomic mass is 10.2. The highest BCUT2D eigenvalue weighted by Gasteiger charge is 2.11. The molecule has 5 nitrogen and oxygen atoms in total. The van der Waals surface area contributed by atoms with Crippen molar-refractivity contribution in [1.82, 2.24) is 0 Å². The van der Waals surface area contributed by atoms with Gasteiger partial charge in [0.05, 0.1) is 4.92 Å². The summed E-state index contributed by atoms with van der Waals surface area (Å²) in [5.74, 6) is 0.151. The molecule has 0 heterocycles. The Bertz CT molecular complexity index is 538. The van der Waals surface area contributed by atoms with Gasteiger partial charge in [0, 0.05) is 11.8 Å². The molecule has 0 unspecified atom stereocenters. The van der Waals surface area contributed by atoms with Crippen molar-refractivity contribution >= 4 is 17.1 Å². The first kappa shape index (κ1) is 10.9. The third-order valence-electron chi connectivity index (χ3n) is 2.25. The number of para-hydroxylation sites is 2. The predicted molar refractivity (Wildman–Crippen MR) is 64.5 cm³/mol. The van der Waals surface area contributed by atoms with Crippen LogP contribution in [0.2, 0.25) is 0 Å². The minimum atomic E-state index is -0.442. The highest BCUT2D eigenvalue weighted by molar-refractivity contribution is 5.69. The molecule has 0 saturated heterocycles. The van der Waals surface area contributed by atoms with Gasteiger partial charge >= 0.3 is 0 Å². The lowest BCUT2D eigenvalue weighted by Crippen LogP contribution is -1.96. The van der Waals surface area contributed by atoms with E-state index in [1.165, 1.54) is 18.2 Å². The van der Waals surface area contributed by atoms with E-state index in [0.29, 0.717) is 11.4 Å². The van der Waals surface area contributed by atoms with Gasteiger partial charge in [-0.25, -0.2) is 0 Å². The number of rotatable bonds is 3. The maximum Gasteiger partial charge on any atom is 0.292 e. The monoisotopic (exact) mass is 230 g/mol. The molecule has 0 fully saturated rings. The van der Waals surface area contributed by atoms with Crippen LogP contribution < -0.4 is 5.32 Å². The van der Waals surface area contributed by atoms with Crippen LogP contribution in [0.3, 0.4) is 0 Å². The zero-order valence-corrected chi connectivity index (χ0v) is 8.83. The summed E-state index contributed by atoms with van der Waals surface area (Å²) in [6, 6.07) is 12.7. The third-order valence-corrected chi connectivity index (χ3v) is 2.25. The number of phenolic OH excluding ortho intramolecular Hbond substituents is 1. The van der Waals surface area contributed by atoms with Crippen LogP contribution in [0.15, 0.2) is 48.5 Å². The fourth-order valence-corrected chi connectivity index (χ4v) is 1.44. The van der Waals surface area contributed by atoms with E-state index in [9.17, 15) is 10.1 Å². The number of hydrogen-bond donors (Lipinski definition) is 2. The standard InChI is InChI=1S/C12H10N2O3/c15-10-7-5-9(6-8-10)13-11-3-1-2-4-12(11)14(16)17/h1-8,13,15H. The summed E-state index contributed by atoms with van der Waals surface area (Å²) in [5.41, 5.74) is 1.11. The molecule has 2 rings (SSSR count). The van der Waals surface area contributed by atoms with Gasteiger partial charge in [-0.15, -0.1) is 0 Å². The van der Waals surface area contributed by atoms with Gasteiger partial charge in [-0.3, -0.25) is 10.1 Å². The summed E-state index contributed by atoms with van der Waals surface area (Å²) >= 11 is 0. The molecule has 5 heteroatoms. The SMILES string of the molecule is O=[N+]([O-])c1ccccc1Nc1ccc(O)cc1. The molecule has 17 heavy (non-hydrogen) atoms. The molecule has 0 radical (unpaired) electrons. The van der Waals surface area contributed by atoms with Crippen LogP contribution in [-0.2, 0) is 0 Å². The molecule has 0 atom stereocenters. The maximum atomic E-state index is 10.8. The normalized spacial score (nSPS) is 9.88. The molecule has 0 aliphatic rings. The second kappa shape index (κ2) is 4.52. The summed E-state index contributed by atoms with van der Waals surface area (Å²) < 4.78 is 0. The van der Waals surface area contributed by atoms with E-state index in [2.05, 4.69) is 5.32 Å². The summed E-state index contributed by atoms with van der Waals surface area (Å²) in [6.45, 7) is 0. The van der Waals surface area contributed by atoms with E-state index in [0.717, 1.165) is 0 Å². The van der Waals surface area contributed by atoms with Crippen molar-refractivity contribution in [2.75, 3.05) is 5.32 Å². The number of phenols is 1. The summed E-state index contributed by atoms with van der Waals surface area (Å²) in [6.07, 6.45) is 0. The number of nitrogens with one attached hydrogen (secondary N) is 1. The largest absolute Gasteiger partial charge is 0.508 e. The van der Waals surface area contributed by atoms with Crippen LogP contribution in [-0.4, -0.2) is 10.0 Å². The highest BCUT2D eigenvalue weighted by Crippen LogP contribution is 2.27. The topological polar surface area (TPSA) is 75.4 Å². The molecule has 86 valence electrons. The van der Waals surface area contributed by atoms with Crippen molar-refractivity contribution < 1.29 is 10.0 Å². The molecular weight excluding hydrogens is 220 g/mol. The smallest absolute Gasteiger partial charge is 0.292 e. The van der Waals surface area contributed by atoms with Gasteiger partial charge in [0.1, 0.15) is 11.4 Å². The first-order valence-corrected chi connectivity index (χ1v) is 4.96. The zero-order valence-electron chi connectivity index (χ0n) is 8.83. The molecule has 2 aromatic carbocycles. The number of aromatic hydroxyl groups is 1. The third kappa shape index (κ3) is 2.52. The lowest BCUT2D eigenvalue weighted by Gasteiger charge is -2.06. The molecule has 0 saturated carbocycles. The number of nitro benzene ring substituents is 1. The maximum absolute atomic E-state index is 10.8. The van der Waals surface area contributed by atoms with Gasteiger partial charge < -0.3 is 10.4 Å². The van der Waals surface area contributed by atoms with Crippen LogP contribution in [0.1, 0.15) is 0 Å². The van der Waals surface area contributed by atoms with Crippen LogP contribution in [0, 0.1) is 10.1 Å². The van der Waals surface area contributed by atoms with Crippen molar-refractivity contribution in [2.24, 2.45) is 0 Å². The van der Waals surface area contributed by atoms with Gasteiger partial charge in [-0.05, 0) is 30.3 Å². The minimum absolute atomic E-state index is 0.0144. The Hall–Kier alpha value is -2.56. The van der Waals surface area contributed by atoms with Gasteiger partial charge in [0.15, 0.2) is 0 Å². The van der Waals surface area contributed by atoms with E-state index < -0.39 is 4.92 Å². The predicted octanol–water partition coefficient (Wildman–Crippen LogP) is 3.04. The Kier molecular flexibility index (Phi) is 2.91. The zero-order chi connectivity index (χ0) is 12.3. The lowest BCUT2D eigenvalue weighted by molar-refractivity contribution is -0.383. The Labute approximate surface area is 97.5 Å². The van der Waals surface area contributed by atoms with Gasteiger partial charge in [-0.1, -0.05) is 12.1 Å². The van der Waals surface area contributed by atoms with Crippen LogP contribution in [0.5, 0.6) is 5.75 Å². The van der Waals surface area contributed by atoms with E-state index in [-0.39, 0.29) is 11.4 Å². The van der Waals surface area contributed by atoms with Crippen molar-refractivity contribution in [3.63, 3.8) is 0 Å². The average Bonchev–Trinajstić information content (AvgIpc) is 2.32. The number of benzene rings is 2. The number of anilines is 2. The fraction of sp³-hybridized carbons (Fsp3) is 0.